The van der Waals surface area contributed by atoms with Crippen molar-refractivity contribution in [2.45, 2.75) is 30.7 Å². The fourth-order valence-corrected chi connectivity index (χ4v) is 1.37. The highest BCUT2D eigenvalue weighted by Crippen LogP contribution is 2.21. The van der Waals surface area contributed by atoms with Gasteiger partial charge in [-0.3, -0.25) is 0 Å². The minimum atomic E-state index is -1.49. The molecule has 0 bridgehead atoms. The van der Waals surface area contributed by atoms with Crippen molar-refractivity contribution in [2.75, 3.05) is 19.9 Å². The molecule has 0 aromatic heterocycles. The lowest BCUT2D eigenvalue weighted by molar-refractivity contribution is -0.301. The maximum absolute atomic E-state index is 11.8. The second-order valence-electron chi connectivity index (χ2n) is 3.26. The molecule has 0 spiro atoms. The third-order valence-electron chi connectivity index (χ3n) is 2.21. The summed E-state index contributed by atoms with van der Waals surface area (Å²) in [5.41, 5.74) is 0. The van der Waals surface area contributed by atoms with Gasteiger partial charge in [-0.1, -0.05) is 0 Å². The topological polar surface area (TPSA) is 99.4 Å². The van der Waals surface area contributed by atoms with Crippen LogP contribution in [-0.2, 0) is 9.47 Å². The van der Waals surface area contributed by atoms with E-state index < -0.39 is 44.0 Å². The van der Waals surface area contributed by atoms with Crippen LogP contribution in [0, 0.1) is 0 Å². The van der Waals surface area contributed by atoms with E-state index in [0.717, 1.165) is 0 Å². The van der Waals surface area contributed by atoms with Crippen LogP contribution in [0.4, 0.5) is 4.39 Å². The molecule has 1 fully saturated rings. The summed E-state index contributed by atoms with van der Waals surface area (Å²) in [5.74, 6) is 0. The number of aliphatic hydroxyl groups excluding tert-OH is 4. The maximum Gasteiger partial charge on any atom is 0.186 e. The van der Waals surface area contributed by atoms with Crippen LogP contribution >= 0.6 is 0 Å². The van der Waals surface area contributed by atoms with Crippen LogP contribution in [0.3, 0.4) is 0 Å². The molecule has 4 N–H and O–H groups in total. The summed E-state index contributed by atoms with van der Waals surface area (Å²) in [5, 5.41) is 36.9. The summed E-state index contributed by atoms with van der Waals surface area (Å²) in [6.07, 6.45) is -6.63. The minimum Gasteiger partial charge on any atom is -0.394 e. The van der Waals surface area contributed by atoms with Gasteiger partial charge in [-0.25, -0.2) is 4.39 Å². The van der Waals surface area contributed by atoms with Gasteiger partial charge in [-0.15, -0.1) is 0 Å². The van der Waals surface area contributed by atoms with Crippen LogP contribution in [-0.4, -0.2) is 71.0 Å². The Kier molecular flexibility index (Phi) is 4.84. The molecule has 15 heavy (non-hydrogen) atoms. The molecule has 0 unspecified atom stereocenters. The molecule has 0 saturated carbocycles. The van der Waals surface area contributed by atoms with Crippen molar-refractivity contribution in [1.29, 1.82) is 0 Å². The summed E-state index contributed by atoms with van der Waals surface area (Å²) in [6, 6.07) is 0. The first-order chi connectivity index (χ1) is 7.11. The minimum absolute atomic E-state index is 0.289. The molecule has 6 nitrogen and oxygen atoms in total. The zero-order chi connectivity index (χ0) is 11.4. The fourth-order valence-electron chi connectivity index (χ4n) is 1.37. The molecule has 1 heterocycles. The molecule has 0 amide bonds. The van der Waals surface area contributed by atoms with E-state index in [1.165, 1.54) is 0 Å². The van der Waals surface area contributed by atoms with Crippen LogP contribution in [0.2, 0.25) is 0 Å². The van der Waals surface area contributed by atoms with Crippen molar-refractivity contribution in [3.8, 4) is 0 Å². The van der Waals surface area contributed by atoms with Gasteiger partial charge >= 0.3 is 0 Å². The molecule has 0 radical (unpaired) electrons. The van der Waals surface area contributed by atoms with Crippen molar-refractivity contribution < 1.29 is 34.3 Å². The van der Waals surface area contributed by atoms with E-state index in [4.69, 9.17) is 14.6 Å². The van der Waals surface area contributed by atoms with Crippen molar-refractivity contribution in [1.82, 2.24) is 0 Å². The van der Waals surface area contributed by atoms with Crippen LogP contribution < -0.4 is 0 Å². The molecule has 5 atom stereocenters. The lowest BCUT2D eigenvalue weighted by Gasteiger charge is -2.39. The van der Waals surface area contributed by atoms with E-state index >= 15 is 0 Å². The maximum atomic E-state index is 11.8. The summed E-state index contributed by atoms with van der Waals surface area (Å²) >= 11 is 0. The lowest BCUT2D eigenvalue weighted by Crippen LogP contribution is -2.59. The Morgan fingerprint density at radius 1 is 1.13 bits per heavy atom. The van der Waals surface area contributed by atoms with E-state index in [9.17, 15) is 19.7 Å². The number of halogens is 1. The van der Waals surface area contributed by atoms with E-state index in [1.807, 2.05) is 0 Å². The third-order valence-corrected chi connectivity index (χ3v) is 2.21. The van der Waals surface area contributed by atoms with E-state index in [1.54, 1.807) is 0 Å². The van der Waals surface area contributed by atoms with Gasteiger partial charge in [0.25, 0.3) is 0 Å². The fraction of sp³-hybridized carbons (Fsp3) is 1.00. The quantitative estimate of drug-likeness (QED) is 0.433. The van der Waals surface area contributed by atoms with Crippen LogP contribution in [0.1, 0.15) is 0 Å². The van der Waals surface area contributed by atoms with Crippen molar-refractivity contribution in [3.05, 3.63) is 0 Å². The molecule has 0 aromatic rings. The molecule has 90 valence electrons. The Morgan fingerprint density at radius 3 is 2.33 bits per heavy atom. The zero-order valence-electron chi connectivity index (χ0n) is 7.99. The Morgan fingerprint density at radius 2 is 1.80 bits per heavy atom. The zero-order valence-corrected chi connectivity index (χ0v) is 7.99. The van der Waals surface area contributed by atoms with Gasteiger partial charge in [-0.2, -0.15) is 0 Å². The van der Waals surface area contributed by atoms with Crippen LogP contribution in [0.15, 0.2) is 0 Å². The second-order valence-corrected chi connectivity index (χ2v) is 3.26. The van der Waals surface area contributed by atoms with Crippen molar-refractivity contribution in [2.24, 2.45) is 0 Å². The van der Waals surface area contributed by atoms with Crippen LogP contribution in [0.25, 0.3) is 0 Å². The first-order valence-corrected chi connectivity index (χ1v) is 4.60. The largest absolute Gasteiger partial charge is 0.394 e. The monoisotopic (exact) mass is 226 g/mol. The first-order valence-electron chi connectivity index (χ1n) is 4.60. The Hall–Kier alpha value is -0.310. The molecule has 7 heteroatoms. The smallest absolute Gasteiger partial charge is 0.186 e. The van der Waals surface area contributed by atoms with Gasteiger partial charge in [0.2, 0.25) is 0 Å². The van der Waals surface area contributed by atoms with Crippen LogP contribution in [0.5, 0.6) is 0 Å². The highest BCUT2D eigenvalue weighted by Gasteiger charge is 2.43. The molecule has 0 aromatic carbocycles. The Labute approximate surface area is 85.9 Å². The van der Waals surface area contributed by atoms with Crippen molar-refractivity contribution in [3.63, 3.8) is 0 Å². The van der Waals surface area contributed by atoms with Gasteiger partial charge in [0.05, 0.1) is 13.2 Å². The average Bonchev–Trinajstić information content (AvgIpc) is 2.25. The molecular weight excluding hydrogens is 211 g/mol. The number of aliphatic hydroxyl groups is 4. The SMILES string of the molecule is OC[C@H]1O[C@@H](OCCF)[C@H](O)[C@@H](O)[C@@H]1O. The van der Waals surface area contributed by atoms with E-state index in [0.29, 0.717) is 0 Å². The van der Waals surface area contributed by atoms with Gasteiger partial charge in [0, 0.05) is 0 Å². The number of hydrogen-bond acceptors (Lipinski definition) is 6. The summed E-state index contributed by atoms with van der Waals surface area (Å²) in [6.45, 7) is -1.57. The summed E-state index contributed by atoms with van der Waals surface area (Å²) < 4.78 is 21.5. The van der Waals surface area contributed by atoms with E-state index in [2.05, 4.69) is 0 Å². The normalized spacial score (nSPS) is 41.8. The van der Waals surface area contributed by atoms with Gasteiger partial charge in [0.15, 0.2) is 6.29 Å². The summed E-state index contributed by atoms with van der Waals surface area (Å²) in [7, 11) is 0. The third kappa shape index (κ3) is 2.83. The number of hydrogen-bond donors (Lipinski definition) is 4. The van der Waals surface area contributed by atoms with Gasteiger partial charge in [0.1, 0.15) is 31.1 Å². The Bertz CT molecular complexity index is 190. The second kappa shape index (κ2) is 5.69. The average molecular weight is 226 g/mol. The van der Waals surface area contributed by atoms with Gasteiger partial charge in [-0.05, 0) is 0 Å². The highest BCUT2D eigenvalue weighted by atomic mass is 19.1. The number of ether oxygens (including phenoxy) is 2. The number of alkyl halides is 1. The predicted molar refractivity (Wildman–Crippen MR) is 45.7 cm³/mol. The standard InChI is InChI=1S/C8H15FO6/c9-1-2-14-8-7(13)6(12)5(11)4(3-10)15-8/h4-8,10-13H,1-3H2/t4-,5-,6+,7-,8-/m1/s1. The van der Waals surface area contributed by atoms with Gasteiger partial charge < -0.3 is 29.9 Å². The summed E-state index contributed by atoms with van der Waals surface area (Å²) in [4.78, 5) is 0. The molecule has 1 aliphatic rings. The number of rotatable bonds is 4. The lowest BCUT2D eigenvalue weighted by atomic mass is 9.99. The predicted octanol–water partition coefficient (Wildman–Crippen LogP) is -2.23. The van der Waals surface area contributed by atoms with Crippen molar-refractivity contribution >= 4 is 0 Å². The first kappa shape index (κ1) is 12.8. The molecule has 1 rings (SSSR count). The highest BCUT2D eigenvalue weighted by molar-refractivity contribution is 4.88. The molecule has 1 aliphatic heterocycles. The Balaban J connectivity index is 2.57. The molecule has 1 saturated heterocycles. The van der Waals surface area contributed by atoms with E-state index in [-0.39, 0.29) is 6.61 Å². The molecular formula is C8H15FO6. The molecule has 0 aliphatic carbocycles.